The molecule has 1 nitrogen and oxygen atoms in total. The fourth-order valence-corrected chi connectivity index (χ4v) is 1.90. The summed E-state index contributed by atoms with van der Waals surface area (Å²) < 4.78 is 0. The number of rotatable bonds is 5. The zero-order valence-electron chi connectivity index (χ0n) is 9.29. The summed E-state index contributed by atoms with van der Waals surface area (Å²) in [4.78, 5) is 10.3. The van der Waals surface area contributed by atoms with Gasteiger partial charge >= 0.3 is 0 Å². The van der Waals surface area contributed by atoms with Crippen LogP contribution in [0.25, 0.3) is 0 Å². The van der Waals surface area contributed by atoms with Crippen LogP contribution in [0.4, 0.5) is 0 Å². The molecule has 0 atom stereocenters. The van der Waals surface area contributed by atoms with Gasteiger partial charge in [-0.25, -0.2) is 0 Å². The molecule has 0 heterocycles. The van der Waals surface area contributed by atoms with Crippen molar-refractivity contribution in [2.45, 2.75) is 33.1 Å². The molecule has 0 unspecified atom stereocenters. The molecule has 2 heteroatoms. The molecule has 0 aliphatic carbocycles. The predicted octanol–water partition coefficient (Wildman–Crippen LogP) is 3.89. The third-order valence-electron chi connectivity index (χ3n) is 2.57. The van der Waals surface area contributed by atoms with Crippen molar-refractivity contribution >= 4 is 17.9 Å². The number of aldehydes is 1. The Hall–Kier alpha value is -0.820. The Morgan fingerprint density at radius 2 is 2.00 bits per heavy atom. The zero-order chi connectivity index (χ0) is 11.3. The van der Waals surface area contributed by atoms with Crippen molar-refractivity contribution in [3.05, 3.63) is 34.9 Å². The molecule has 0 radical (unpaired) electrons. The lowest BCUT2D eigenvalue weighted by Gasteiger charge is -2.24. The van der Waals surface area contributed by atoms with Crippen LogP contribution in [0.1, 0.15) is 32.3 Å². The fourth-order valence-electron chi connectivity index (χ4n) is 1.70. The van der Waals surface area contributed by atoms with Crippen LogP contribution >= 0.6 is 11.6 Å². The van der Waals surface area contributed by atoms with Crippen LogP contribution in [-0.4, -0.2) is 6.29 Å². The maximum Gasteiger partial charge on any atom is 0.120 e. The summed E-state index contributed by atoms with van der Waals surface area (Å²) in [5.74, 6) is 0. The van der Waals surface area contributed by atoms with Crippen molar-refractivity contribution in [1.29, 1.82) is 0 Å². The molecule has 1 rings (SSSR count). The van der Waals surface area contributed by atoms with E-state index in [4.69, 9.17) is 11.6 Å². The van der Waals surface area contributed by atoms with Crippen molar-refractivity contribution in [3.8, 4) is 0 Å². The first-order chi connectivity index (χ1) is 7.05. The van der Waals surface area contributed by atoms with Gasteiger partial charge in [0, 0.05) is 11.4 Å². The molecule has 0 amide bonds. The largest absolute Gasteiger partial charge is 0.303 e. The van der Waals surface area contributed by atoms with Crippen molar-refractivity contribution < 1.29 is 4.79 Å². The Balaban J connectivity index is 2.68. The topological polar surface area (TPSA) is 17.1 Å². The van der Waals surface area contributed by atoms with Gasteiger partial charge < -0.3 is 4.79 Å². The van der Waals surface area contributed by atoms with Crippen LogP contribution in [0.15, 0.2) is 24.3 Å². The average molecular weight is 225 g/mol. The summed E-state index contributed by atoms with van der Waals surface area (Å²) in [5, 5.41) is 0.816. The Kier molecular flexibility index (Phi) is 4.34. The molecule has 82 valence electrons. The first kappa shape index (κ1) is 12.3. The van der Waals surface area contributed by atoms with Crippen molar-refractivity contribution in [2.24, 2.45) is 5.41 Å². The molecule has 15 heavy (non-hydrogen) atoms. The van der Waals surface area contributed by atoms with Gasteiger partial charge in [0.25, 0.3) is 0 Å². The van der Waals surface area contributed by atoms with Crippen LogP contribution < -0.4 is 0 Å². The third-order valence-corrected chi connectivity index (χ3v) is 2.93. The zero-order valence-corrected chi connectivity index (χ0v) is 10.1. The van der Waals surface area contributed by atoms with E-state index >= 15 is 0 Å². The smallest absolute Gasteiger partial charge is 0.120 e. The molecule has 0 aromatic heterocycles. The molecule has 0 N–H and O–H groups in total. The summed E-state index contributed by atoms with van der Waals surface area (Å²) >= 11 is 6.09. The van der Waals surface area contributed by atoms with E-state index in [1.54, 1.807) is 0 Å². The summed E-state index contributed by atoms with van der Waals surface area (Å²) in [6.45, 7) is 4.33. The second-order valence-electron chi connectivity index (χ2n) is 4.64. The lowest BCUT2D eigenvalue weighted by atomic mass is 9.82. The van der Waals surface area contributed by atoms with E-state index in [9.17, 15) is 4.79 Å². The second kappa shape index (κ2) is 5.32. The van der Waals surface area contributed by atoms with Crippen LogP contribution in [0.3, 0.4) is 0 Å². The van der Waals surface area contributed by atoms with Gasteiger partial charge in [-0.05, 0) is 29.9 Å². The van der Waals surface area contributed by atoms with Crippen molar-refractivity contribution in [2.75, 3.05) is 0 Å². The lowest BCUT2D eigenvalue weighted by Crippen LogP contribution is -2.15. The van der Waals surface area contributed by atoms with Gasteiger partial charge in [0.05, 0.1) is 0 Å². The highest BCUT2D eigenvalue weighted by Gasteiger charge is 2.18. The van der Waals surface area contributed by atoms with E-state index in [1.807, 2.05) is 24.3 Å². The quantitative estimate of drug-likeness (QED) is 0.694. The van der Waals surface area contributed by atoms with Crippen LogP contribution in [0.2, 0.25) is 5.02 Å². The van der Waals surface area contributed by atoms with E-state index in [0.717, 1.165) is 29.7 Å². The number of carbonyl (C=O) groups is 1. The number of benzene rings is 1. The molecular formula is C13H17ClO. The van der Waals surface area contributed by atoms with Gasteiger partial charge in [-0.15, -0.1) is 0 Å². The van der Waals surface area contributed by atoms with E-state index < -0.39 is 0 Å². The van der Waals surface area contributed by atoms with E-state index in [1.165, 1.54) is 0 Å². The molecule has 1 aromatic carbocycles. The highest BCUT2D eigenvalue weighted by atomic mass is 35.5. The van der Waals surface area contributed by atoms with Gasteiger partial charge in [0.1, 0.15) is 6.29 Å². The molecule has 0 bridgehead atoms. The number of hydrogen-bond donors (Lipinski definition) is 0. The Bertz CT molecular complexity index is 331. The predicted molar refractivity (Wildman–Crippen MR) is 64.2 cm³/mol. The van der Waals surface area contributed by atoms with Crippen LogP contribution in [0, 0.1) is 5.41 Å². The van der Waals surface area contributed by atoms with E-state index in [0.29, 0.717) is 6.42 Å². The van der Waals surface area contributed by atoms with Crippen LogP contribution in [0.5, 0.6) is 0 Å². The first-order valence-corrected chi connectivity index (χ1v) is 5.60. The molecule has 0 fully saturated rings. The Morgan fingerprint density at radius 3 is 2.60 bits per heavy atom. The molecule has 0 saturated carbocycles. The molecule has 1 aromatic rings. The maximum absolute atomic E-state index is 10.3. The molecule has 0 aliphatic heterocycles. The van der Waals surface area contributed by atoms with Gasteiger partial charge in [-0.1, -0.05) is 43.6 Å². The summed E-state index contributed by atoms with van der Waals surface area (Å²) in [7, 11) is 0. The third kappa shape index (κ3) is 4.05. The normalized spacial score (nSPS) is 11.4. The lowest BCUT2D eigenvalue weighted by molar-refractivity contribution is -0.108. The first-order valence-electron chi connectivity index (χ1n) is 5.22. The average Bonchev–Trinajstić information content (AvgIpc) is 2.18. The Labute approximate surface area is 96.5 Å². The fraction of sp³-hybridized carbons (Fsp3) is 0.462. The van der Waals surface area contributed by atoms with Crippen molar-refractivity contribution in [1.82, 2.24) is 0 Å². The molecule has 0 saturated heterocycles. The van der Waals surface area contributed by atoms with Crippen molar-refractivity contribution in [3.63, 3.8) is 0 Å². The monoisotopic (exact) mass is 224 g/mol. The molecular weight excluding hydrogens is 208 g/mol. The highest BCUT2D eigenvalue weighted by Crippen LogP contribution is 2.29. The van der Waals surface area contributed by atoms with Gasteiger partial charge in [0.15, 0.2) is 0 Å². The number of hydrogen-bond acceptors (Lipinski definition) is 1. The highest BCUT2D eigenvalue weighted by molar-refractivity contribution is 6.31. The molecule has 0 aliphatic rings. The van der Waals surface area contributed by atoms with Crippen LogP contribution in [-0.2, 0) is 11.2 Å². The minimum Gasteiger partial charge on any atom is -0.303 e. The minimum atomic E-state index is 0.131. The number of halogens is 1. The summed E-state index contributed by atoms with van der Waals surface area (Å²) in [6, 6.07) is 7.89. The maximum atomic E-state index is 10.3. The standard InChI is InChI=1S/C13H17ClO/c1-13(2,8-5-9-15)10-11-6-3-4-7-12(11)14/h3-4,6-7,9H,5,8,10H2,1-2H3. The Morgan fingerprint density at radius 1 is 1.33 bits per heavy atom. The minimum absolute atomic E-state index is 0.131. The summed E-state index contributed by atoms with van der Waals surface area (Å²) in [6.07, 6.45) is 3.42. The van der Waals surface area contributed by atoms with Gasteiger partial charge in [-0.3, -0.25) is 0 Å². The number of carbonyl (C=O) groups excluding carboxylic acids is 1. The van der Waals surface area contributed by atoms with Gasteiger partial charge in [0.2, 0.25) is 0 Å². The SMILES string of the molecule is CC(C)(CCC=O)Cc1ccccc1Cl. The summed E-state index contributed by atoms with van der Waals surface area (Å²) in [5.41, 5.74) is 1.29. The van der Waals surface area contributed by atoms with E-state index in [-0.39, 0.29) is 5.41 Å². The second-order valence-corrected chi connectivity index (χ2v) is 5.04. The molecule has 0 spiro atoms. The van der Waals surface area contributed by atoms with E-state index in [2.05, 4.69) is 13.8 Å². The van der Waals surface area contributed by atoms with Gasteiger partial charge in [-0.2, -0.15) is 0 Å².